The van der Waals surface area contributed by atoms with E-state index in [0.717, 1.165) is 87.5 Å². The molecule has 9 atom stereocenters. The van der Waals surface area contributed by atoms with Gasteiger partial charge in [-0.25, -0.2) is 0 Å². The molecule has 0 bridgehead atoms. The van der Waals surface area contributed by atoms with Crippen LogP contribution in [0.3, 0.4) is 0 Å². The van der Waals surface area contributed by atoms with Gasteiger partial charge in [0.2, 0.25) is 0 Å². The molecule has 1 N–H and O–H groups in total. The molecule has 2 saturated carbocycles. The van der Waals surface area contributed by atoms with Crippen molar-refractivity contribution >= 4 is 5.78 Å². The van der Waals surface area contributed by atoms with Gasteiger partial charge in [0, 0.05) is 17.9 Å². The van der Waals surface area contributed by atoms with Crippen LogP contribution in [0.4, 0.5) is 0 Å². The number of ketones is 1. The highest BCUT2D eigenvalue weighted by atomic mass is 16.7. The van der Waals surface area contributed by atoms with E-state index in [1.807, 2.05) is 6.07 Å². The van der Waals surface area contributed by atoms with Crippen LogP contribution in [0.15, 0.2) is 18.2 Å². The highest BCUT2D eigenvalue weighted by Crippen LogP contribution is 2.62. The summed E-state index contributed by atoms with van der Waals surface area (Å²) in [5.74, 6) is 4.74. The molecule has 4 heteroatoms. The number of carbonyl (C=O) groups is 1. The molecule has 0 aromatic heterocycles. The SMILES string of the molecule is CC(C)CCC[C@@H](C)CCC[C@@H](C)CCC[C@@H]1C(=O)c2cc(OC3CCCCO3)ccc2C2CC[C@@]3(C)C(CC[C@@H]3O)C21. The maximum absolute atomic E-state index is 14.4. The first-order chi connectivity index (χ1) is 20.7. The van der Waals surface area contributed by atoms with Gasteiger partial charge in [0.05, 0.1) is 12.7 Å². The molecule has 242 valence electrons. The Balaban J connectivity index is 1.23. The van der Waals surface area contributed by atoms with Gasteiger partial charge in [-0.2, -0.15) is 0 Å². The van der Waals surface area contributed by atoms with Crippen LogP contribution in [0.5, 0.6) is 5.75 Å². The number of aliphatic hydroxyl groups excluding tert-OH is 1. The molecule has 1 aliphatic heterocycles. The minimum absolute atomic E-state index is 0.0439. The zero-order chi connectivity index (χ0) is 30.6. The number of aliphatic hydroxyl groups is 1. The lowest BCUT2D eigenvalue weighted by molar-refractivity contribution is -0.105. The van der Waals surface area contributed by atoms with Crippen molar-refractivity contribution in [1.29, 1.82) is 0 Å². The Morgan fingerprint density at radius 1 is 0.930 bits per heavy atom. The van der Waals surface area contributed by atoms with Crippen molar-refractivity contribution in [3.8, 4) is 5.75 Å². The van der Waals surface area contributed by atoms with E-state index in [4.69, 9.17) is 9.47 Å². The average molecular weight is 595 g/mol. The summed E-state index contributed by atoms with van der Waals surface area (Å²) in [6.45, 7) is 12.6. The predicted molar refractivity (Wildman–Crippen MR) is 176 cm³/mol. The molecule has 4 aliphatic rings. The maximum Gasteiger partial charge on any atom is 0.199 e. The number of hydrogen-bond acceptors (Lipinski definition) is 4. The van der Waals surface area contributed by atoms with E-state index in [9.17, 15) is 9.90 Å². The van der Waals surface area contributed by atoms with Crippen LogP contribution >= 0.6 is 0 Å². The summed E-state index contributed by atoms with van der Waals surface area (Å²) in [4.78, 5) is 14.4. The van der Waals surface area contributed by atoms with Crippen molar-refractivity contribution in [3.63, 3.8) is 0 Å². The second-order valence-corrected chi connectivity index (χ2v) is 16.0. The fourth-order valence-electron chi connectivity index (χ4n) is 9.55. The van der Waals surface area contributed by atoms with Gasteiger partial charge in [0.25, 0.3) is 0 Å². The predicted octanol–water partition coefficient (Wildman–Crippen LogP) is 10.1. The molecule has 0 radical (unpaired) electrons. The van der Waals surface area contributed by atoms with Gasteiger partial charge in [-0.15, -0.1) is 0 Å². The van der Waals surface area contributed by atoms with Crippen LogP contribution in [0.2, 0.25) is 0 Å². The van der Waals surface area contributed by atoms with Crippen LogP contribution in [0.1, 0.15) is 159 Å². The Kier molecular flexibility index (Phi) is 11.4. The molecular weight excluding hydrogens is 532 g/mol. The first-order valence-corrected chi connectivity index (χ1v) is 18.3. The summed E-state index contributed by atoms with van der Waals surface area (Å²) in [5, 5.41) is 11.0. The summed E-state index contributed by atoms with van der Waals surface area (Å²) in [7, 11) is 0. The zero-order valence-corrected chi connectivity index (χ0v) is 28.1. The Labute approximate surface area is 263 Å². The highest BCUT2D eigenvalue weighted by molar-refractivity contribution is 6.01. The Bertz CT molecular complexity index is 1040. The molecule has 5 rings (SSSR count). The summed E-state index contributed by atoms with van der Waals surface area (Å²) in [6.07, 6.45) is 18.2. The van der Waals surface area contributed by atoms with Crippen molar-refractivity contribution in [2.24, 2.45) is 40.9 Å². The van der Waals surface area contributed by atoms with E-state index >= 15 is 0 Å². The molecular formula is C39H62O4. The standard InChI is InChI=1S/C39H62O4/c1-26(2)11-8-12-27(3)13-9-14-28(4)15-10-16-32-37-31(22-23-39(5)34(37)20-21-35(39)40)30-19-18-29(25-33(30)38(32)41)43-36-17-6-7-24-42-36/h18-19,25-28,31-32,34-37,40H,6-17,20-24H2,1-5H3/t27-,28-,31?,32+,34?,35+,36?,37?,39+/m1/s1. The van der Waals surface area contributed by atoms with Crippen molar-refractivity contribution in [1.82, 2.24) is 0 Å². The summed E-state index contributed by atoms with van der Waals surface area (Å²) >= 11 is 0. The molecule has 0 amide bonds. The maximum atomic E-state index is 14.4. The zero-order valence-electron chi connectivity index (χ0n) is 28.1. The molecule has 1 saturated heterocycles. The van der Waals surface area contributed by atoms with E-state index < -0.39 is 0 Å². The Morgan fingerprint density at radius 2 is 1.65 bits per heavy atom. The minimum atomic E-state index is -0.227. The molecule has 0 spiro atoms. The first kappa shape index (κ1) is 33.0. The van der Waals surface area contributed by atoms with Gasteiger partial charge < -0.3 is 14.6 Å². The fourth-order valence-corrected chi connectivity index (χ4v) is 9.55. The monoisotopic (exact) mass is 594 g/mol. The average Bonchev–Trinajstić information content (AvgIpc) is 3.29. The van der Waals surface area contributed by atoms with Crippen LogP contribution in [0.25, 0.3) is 0 Å². The number of rotatable bonds is 14. The molecule has 1 aromatic carbocycles. The number of hydrogen-bond donors (Lipinski definition) is 1. The van der Waals surface area contributed by atoms with Crippen LogP contribution in [-0.4, -0.2) is 29.9 Å². The van der Waals surface area contributed by atoms with Gasteiger partial charge in [0.1, 0.15) is 5.75 Å². The largest absolute Gasteiger partial charge is 0.465 e. The number of fused-ring (bicyclic) bond motifs is 5. The second-order valence-electron chi connectivity index (χ2n) is 16.0. The lowest BCUT2D eigenvalue weighted by atomic mass is 9.51. The van der Waals surface area contributed by atoms with E-state index in [1.54, 1.807) is 0 Å². The van der Waals surface area contributed by atoms with Crippen LogP contribution < -0.4 is 4.74 Å². The summed E-state index contributed by atoms with van der Waals surface area (Å²) in [6, 6.07) is 6.31. The van der Waals surface area contributed by atoms with E-state index in [0.29, 0.717) is 29.5 Å². The third-order valence-electron chi connectivity index (χ3n) is 12.3. The smallest absolute Gasteiger partial charge is 0.199 e. The molecule has 43 heavy (non-hydrogen) atoms. The lowest BCUT2D eigenvalue weighted by Crippen LogP contribution is -2.49. The van der Waals surface area contributed by atoms with Gasteiger partial charge >= 0.3 is 0 Å². The van der Waals surface area contributed by atoms with E-state index in [-0.39, 0.29) is 23.7 Å². The lowest BCUT2D eigenvalue weighted by Gasteiger charge is -2.52. The number of benzene rings is 1. The molecule has 1 aromatic rings. The molecule has 3 fully saturated rings. The Hall–Kier alpha value is -1.39. The third kappa shape index (κ3) is 7.71. The van der Waals surface area contributed by atoms with E-state index in [2.05, 4.69) is 46.8 Å². The number of ether oxygens (including phenoxy) is 2. The molecule has 4 nitrogen and oxygen atoms in total. The van der Waals surface area contributed by atoms with Crippen LogP contribution in [-0.2, 0) is 4.74 Å². The highest BCUT2D eigenvalue weighted by Gasteiger charge is 2.58. The summed E-state index contributed by atoms with van der Waals surface area (Å²) < 4.78 is 12.1. The van der Waals surface area contributed by atoms with Crippen molar-refractivity contribution in [2.75, 3.05) is 6.61 Å². The normalized spacial score (nSPS) is 33.5. The molecule has 3 aliphatic carbocycles. The Morgan fingerprint density at radius 3 is 2.35 bits per heavy atom. The van der Waals surface area contributed by atoms with Crippen molar-refractivity contribution < 1.29 is 19.4 Å². The van der Waals surface area contributed by atoms with Gasteiger partial charge in [-0.3, -0.25) is 4.79 Å². The summed E-state index contributed by atoms with van der Waals surface area (Å²) in [5.41, 5.74) is 2.10. The van der Waals surface area contributed by atoms with Gasteiger partial charge in [0.15, 0.2) is 12.1 Å². The number of carbonyl (C=O) groups excluding carboxylic acids is 1. The minimum Gasteiger partial charge on any atom is -0.465 e. The topological polar surface area (TPSA) is 55.8 Å². The van der Waals surface area contributed by atoms with Gasteiger partial charge in [-0.05, 0) is 104 Å². The van der Waals surface area contributed by atoms with Crippen LogP contribution in [0, 0.1) is 40.9 Å². The third-order valence-corrected chi connectivity index (χ3v) is 12.3. The van der Waals surface area contributed by atoms with Gasteiger partial charge in [-0.1, -0.05) is 92.1 Å². The second kappa shape index (κ2) is 14.8. The van der Waals surface area contributed by atoms with E-state index in [1.165, 1.54) is 50.5 Å². The first-order valence-electron chi connectivity index (χ1n) is 18.3. The fraction of sp³-hybridized carbons (Fsp3) is 0.821. The van der Waals surface area contributed by atoms with Crippen molar-refractivity contribution in [3.05, 3.63) is 29.3 Å². The van der Waals surface area contributed by atoms with Crippen molar-refractivity contribution in [2.45, 2.75) is 156 Å². The molecule has 1 heterocycles. The molecule has 4 unspecified atom stereocenters. The quantitative estimate of drug-likeness (QED) is 0.233. The number of Topliss-reactive ketones (excluding diaryl/α,β-unsaturated/α-hetero) is 1.